The van der Waals surface area contributed by atoms with Crippen LogP contribution in [0.2, 0.25) is 10.0 Å². The molecule has 2 amide bonds. The van der Waals surface area contributed by atoms with Gasteiger partial charge in [-0.2, -0.15) is 15.0 Å². The number of aromatic nitrogens is 3. The molecule has 0 unspecified atom stereocenters. The number of hydrogen-bond donors (Lipinski definition) is 3. The van der Waals surface area contributed by atoms with Crippen molar-refractivity contribution in [2.24, 2.45) is 0 Å². The number of benzene rings is 1. The molecule has 0 atom stereocenters. The molecule has 30 heavy (non-hydrogen) atoms. The van der Waals surface area contributed by atoms with Crippen LogP contribution in [-0.2, 0) is 20.9 Å². The minimum Gasteiger partial charge on any atom is -0.456 e. The summed E-state index contributed by atoms with van der Waals surface area (Å²) in [5.74, 6) is -1.40. The summed E-state index contributed by atoms with van der Waals surface area (Å²) in [6.07, 6.45) is 0. The number of amides is 2. The smallest absolute Gasteiger partial charge is 0.325 e. The van der Waals surface area contributed by atoms with E-state index in [1.807, 2.05) is 0 Å². The first-order chi connectivity index (χ1) is 14.2. The van der Waals surface area contributed by atoms with E-state index in [0.29, 0.717) is 11.0 Å². The van der Waals surface area contributed by atoms with Crippen molar-refractivity contribution in [3.8, 4) is 0 Å². The molecule has 0 saturated heterocycles. The summed E-state index contributed by atoms with van der Waals surface area (Å²) < 4.78 is 4.99. The topological polar surface area (TPSA) is 152 Å². The molecular formula is C17H19Cl2N7O4. The lowest BCUT2D eigenvalue weighted by Crippen LogP contribution is -2.39. The minimum atomic E-state index is -0.721. The molecule has 0 aliphatic carbocycles. The fourth-order valence-corrected chi connectivity index (χ4v) is 2.54. The standard InChI is InChI=1S/C17H19Cl2N7O4/c1-26(2)17-24-12(23-16(20)25-17)8-30-14(28)7-21-13(27)6-22-15(29)10-4-3-9(18)5-11(10)19/h3-5H,6-8H2,1-2H3,(H,21,27)(H,22,29)(H2,20,23,24,25). The van der Waals surface area contributed by atoms with Crippen LogP contribution in [0.1, 0.15) is 16.2 Å². The molecule has 4 N–H and O–H groups in total. The van der Waals surface area contributed by atoms with Crippen molar-refractivity contribution in [3.05, 3.63) is 39.6 Å². The lowest BCUT2D eigenvalue weighted by atomic mass is 10.2. The number of nitrogens with zero attached hydrogens (tertiary/aromatic N) is 4. The quantitative estimate of drug-likeness (QED) is 0.480. The van der Waals surface area contributed by atoms with E-state index in [1.165, 1.54) is 18.2 Å². The number of carbonyl (C=O) groups is 3. The monoisotopic (exact) mass is 455 g/mol. The molecule has 1 aromatic carbocycles. The third-order valence-corrected chi connectivity index (χ3v) is 4.01. The molecule has 0 fully saturated rings. The first-order valence-corrected chi connectivity index (χ1v) is 9.24. The zero-order valence-electron chi connectivity index (χ0n) is 16.1. The van der Waals surface area contributed by atoms with Gasteiger partial charge in [-0.15, -0.1) is 0 Å². The Morgan fingerprint density at radius 3 is 2.50 bits per heavy atom. The normalized spacial score (nSPS) is 10.3. The highest BCUT2D eigenvalue weighted by Gasteiger charge is 2.14. The Hall–Kier alpha value is -3.18. The van der Waals surface area contributed by atoms with Crippen LogP contribution in [0.4, 0.5) is 11.9 Å². The van der Waals surface area contributed by atoms with Crippen LogP contribution in [0.15, 0.2) is 18.2 Å². The molecule has 2 rings (SSSR count). The van der Waals surface area contributed by atoms with Crippen LogP contribution in [0.3, 0.4) is 0 Å². The number of ether oxygens (including phenoxy) is 1. The number of halogens is 2. The third kappa shape index (κ3) is 7.01. The number of anilines is 2. The minimum absolute atomic E-state index is 0.00964. The van der Waals surface area contributed by atoms with Crippen LogP contribution in [0.5, 0.6) is 0 Å². The molecule has 0 saturated carbocycles. The van der Waals surface area contributed by atoms with Crippen LogP contribution in [0, 0.1) is 0 Å². The fourth-order valence-electron chi connectivity index (χ4n) is 2.05. The van der Waals surface area contributed by atoms with Gasteiger partial charge in [0.05, 0.1) is 17.1 Å². The summed E-state index contributed by atoms with van der Waals surface area (Å²) in [7, 11) is 3.44. The van der Waals surface area contributed by atoms with Crippen LogP contribution < -0.4 is 21.3 Å². The van der Waals surface area contributed by atoms with Crippen LogP contribution in [0.25, 0.3) is 0 Å². The Kier molecular flexibility index (Phi) is 8.13. The summed E-state index contributed by atoms with van der Waals surface area (Å²) >= 11 is 11.7. The second-order valence-electron chi connectivity index (χ2n) is 6.05. The van der Waals surface area contributed by atoms with Crippen molar-refractivity contribution in [1.82, 2.24) is 25.6 Å². The molecular weight excluding hydrogens is 437 g/mol. The average Bonchev–Trinajstić information content (AvgIpc) is 2.68. The number of nitrogens with two attached hydrogens (primary N) is 1. The van der Waals surface area contributed by atoms with Gasteiger partial charge in [-0.25, -0.2) is 0 Å². The highest BCUT2D eigenvalue weighted by Crippen LogP contribution is 2.20. The molecule has 1 heterocycles. The molecule has 13 heteroatoms. The molecule has 11 nitrogen and oxygen atoms in total. The zero-order valence-corrected chi connectivity index (χ0v) is 17.6. The molecule has 1 aromatic heterocycles. The lowest BCUT2D eigenvalue weighted by molar-refractivity contribution is -0.145. The number of nitrogen functional groups attached to an aromatic ring is 1. The highest BCUT2D eigenvalue weighted by atomic mass is 35.5. The number of rotatable bonds is 8. The summed E-state index contributed by atoms with van der Waals surface area (Å²) in [5.41, 5.74) is 5.75. The highest BCUT2D eigenvalue weighted by molar-refractivity contribution is 6.36. The molecule has 0 aliphatic heterocycles. The third-order valence-electron chi connectivity index (χ3n) is 3.46. The predicted molar refractivity (Wildman–Crippen MR) is 110 cm³/mol. The summed E-state index contributed by atoms with van der Waals surface area (Å²) in [5, 5.41) is 5.24. The second kappa shape index (κ2) is 10.6. The predicted octanol–water partition coefficient (Wildman–Crippen LogP) is 0.416. The van der Waals surface area contributed by atoms with Gasteiger partial charge in [0, 0.05) is 19.1 Å². The van der Waals surface area contributed by atoms with Gasteiger partial charge < -0.3 is 26.0 Å². The molecule has 0 radical (unpaired) electrons. The molecule has 160 valence electrons. The zero-order chi connectivity index (χ0) is 22.3. The molecule has 0 spiro atoms. The van der Waals surface area contributed by atoms with Crippen LogP contribution >= 0.6 is 23.2 Å². The average molecular weight is 456 g/mol. The van der Waals surface area contributed by atoms with Crippen molar-refractivity contribution in [2.45, 2.75) is 6.61 Å². The van der Waals surface area contributed by atoms with Gasteiger partial charge in [-0.1, -0.05) is 23.2 Å². The van der Waals surface area contributed by atoms with Crippen molar-refractivity contribution in [1.29, 1.82) is 0 Å². The van der Waals surface area contributed by atoms with Gasteiger partial charge in [0.15, 0.2) is 12.4 Å². The van der Waals surface area contributed by atoms with Crippen molar-refractivity contribution in [3.63, 3.8) is 0 Å². The van der Waals surface area contributed by atoms with E-state index < -0.39 is 24.3 Å². The maximum atomic E-state index is 12.0. The van der Waals surface area contributed by atoms with E-state index in [2.05, 4.69) is 25.6 Å². The van der Waals surface area contributed by atoms with E-state index in [0.717, 1.165) is 0 Å². The molecule has 2 aromatic rings. The van der Waals surface area contributed by atoms with E-state index in [-0.39, 0.29) is 35.5 Å². The Labute approximate surface area is 181 Å². The van der Waals surface area contributed by atoms with Crippen molar-refractivity contribution >= 4 is 52.9 Å². The van der Waals surface area contributed by atoms with Gasteiger partial charge in [-0.05, 0) is 18.2 Å². The van der Waals surface area contributed by atoms with Gasteiger partial charge >= 0.3 is 5.97 Å². The van der Waals surface area contributed by atoms with Crippen molar-refractivity contribution < 1.29 is 19.1 Å². The second-order valence-corrected chi connectivity index (χ2v) is 6.89. The molecule has 0 aliphatic rings. The Morgan fingerprint density at radius 2 is 1.83 bits per heavy atom. The van der Waals surface area contributed by atoms with Gasteiger partial charge in [-0.3, -0.25) is 14.4 Å². The Bertz CT molecular complexity index is 956. The van der Waals surface area contributed by atoms with Gasteiger partial charge in [0.25, 0.3) is 5.91 Å². The first-order valence-electron chi connectivity index (χ1n) is 8.49. The van der Waals surface area contributed by atoms with E-state index in [1.54, 1.807) is 19.0 Å². The largest absolute Gasteiger partial charge is 0.456 e. The van der Waals surface area contributed by atoms with E-state index in [9.17, 15) is 14.4 Å². The number of hydrogen-bond acceptors (Lipinski definition) is 9. The van der Waals surface area contributed by atoms with Gasteiger partial charge in [0.1, 0.15) is 6.54 Å². The Balaban J connectivity index is 1.75. The maximum absolute atomic E-state index is 12.0. The fraction of sp³-hybridized carbons (Fsp3) is 0.294. The SMILES string of the molecule is CN(C)c1nc(N)nc(COC(=O)CNC(=O)CNC(=O)c2ccc(Cl)cc2Cl)n1. The number of carbonyl (C=O) groups excluding carboxylic acids is 3. The number of esters is 1. The van der Waals surface area contributed by atoms with Crippen LogP contribution in [-0.4, -0.2) is 59.9 Å². The number of nitrogens with one attached hydrogen (secondary N) is 2. The maximum Gasteiger partial charge on any atom is 0.325 e. The molecule has 0 bridgehead atoms. The van der Waals surface area contributed by atoms with Gasteiger partial charge in [0.2, 0.25) is 17.8 Å². The van der Waals surface area contributed by atoms with Crippen molar-refractivity contribution in [2.75, 3.05) is 37.8 Å². The summed E-state index contributed by atoms with van der Waals surface area (Å²) in [6, 6.07) is 4.35. The summed E-state index contributed by atoms with van der Waals surface area (Å²) in [4.78, 5) is 49.1. The summed E-state index contributed by atoms with van der Waals surface area (Å²) in [6.45, 7) is -1.01. The van der Waals surface area contributed by atoms with E-state index in [4.69, 9.17) is 33.7 Å². The lowest BCUT2D eigenvalue weighted by Gasteiger charge is -2.11. The Morgan fingerprint density at radius 1 is 1.10 bits per heavy atom. The van der Waals surface area contributed by atoms with E-state index >= 15 is 0 Å². The first kappa shape index (κ1) is 23.1.